The van der Waals surface area contributed by atoms with E-state index in [4.69, 9.17) is 0 Å². The number of aromatic carboxylic acids is 1. The second-order valence-electron chi connectivity index (χ2n) is 5.29. The maximum Gasteiger partial charge on any atom is 0.336 e. The Bertz CT molecular complexity index is 911. The number of nitrogens with zero attached hydrogens (tertiary/aromatic N) is 2. The first-order valence-electron chi connectivity index (χ1n) is 7.36. The lowest BCUT2D eigenvalue weighted by Crippen LogP contribution is -2.00. The molecule has 0 unspecified atom stereocenters. The van der Waals surface area contributed by atoms with E-state index in [0.717, 1.165) is 15.9 Å². The lowest BCUT2D eigenvalue weighted by molar-refractivity contribution is 0.0696. The van der Waals surface area contributed by atoms with Crippen molar-refractivity contribution in [2.24, 2.45) is 4.99 Å². The Kier molecular flexibility index (Phi) is 4.62. The highest BCUT2D eigenvalue weighted by atomic mass is 79.9. The van der Waals surface area contributed by atoms with Crippen molar-refractivity contribution in [2.45, 2.75) is 6.92 Å². The van der Waals surface area contributed by atoms with E-state index in [0.29, 0.717) is 11.3 Å². The summed E-state index contributed by atoms with van der Waals surface area (Å²) in [4.78, 5) is 15.7. The van der Waals surface area contributed by atoms with Crippen LogP contribution in [0.25, 0.3) is 5.69 Å². The van der Waals surface area contributed by atoms with Crippen LogP contribution in [0.2, 0.25) is 0 Å². The minimum Gasteiger partial charge on any atom is -0.478 e. The largest absolute Gasteiger partial charge is 0.478 e. The third kappa shape index (κ3) is 3.31. The quantitative estimate of drug-likeness (QED) is 0.645. The SMILES string of the molecule is Cc1c(N=Cc2cccn2-c2ccc(Br)cc2)cccc1C(=O)O. The van der Waals surface area contributed by atoms with Crippen LogP contribution < -0.4 is 0 Å². The zero-order valence-corrected chi connectivity index (χ0v) is 14.6. The van der Waals surface area contributed by atoms with Crippen molar-refractivity contribution >= 4 is 33.8 Å². The lowest BCUT2D eigenvalue weighted by Gasteiger charge is -2.07. The van der Waals surface area contributed by atoms with Crippen LogP contribution >= 0.6 is 15.9 Å². The van der Waals surface area contributed by atoms with Gasteiger partial charge < -0.3 is 9.67 Å². The minimum absolute atomic E-state index is 0.271. The van der Waals surface area contributed by atoms with Gasteiger partial charge in [-0.25, -0.2) is 4.79 Å². The highest BCUT2D eigenvalue weighted by Crippen LogP contribution is 2.22. The van der Waals surface area contributed by atoms with Crippen LogP contribution in [-0.2, 0) is 0 Å². The molecule has 0 aliphatic heterocycles. The molecule has 0 bridgehead atoms. The van der Waals surface area contributed by atoms with E-state index in [1.165, 1.54) is 0 Å². The maximum atomic E-state index is 11.2. The van der Waals surface area contributed by atoms with Crippen molar-refractivity contribution in [2.75, 3.05) is 0 Å². The monoisotopic (exact) mass is 382 g/mol. The zero-order valence-electron chi connectivity index (χ0n) is 13.0. The van der Waals surface area contributed by atoms with Gasteiger partial charge in [0, 0.05) is 16.4 Å². The van der Waals surface area contributed by atoms with E-state index in [-0.39, 0.29) is 5.56 Å². The number of carboxylic acid groups (broad SMARTS) is 1. The average molecular weight is 383 g/mol. The predicted molar refractivity (Wildman–Crippen MR) is 98.9 cm³/mol. The van der Waals surface area contributed by atoms with E-state index in [1.54, 1.807) is 25.3 Å². The van der Waals surface area contributed by atoms with Gasteiger partial charge in [-0.15, -0.1) is 0 Å². The zero-order chi connectivity index (χ0) is 17.1. The van der Waals surface area contributed by atoms with Gasteiger partial charge in [0.1, 0.15) is 0 Å². The number of carboxylic acids is 1. The first kappa shape index (κ1) is 16.2. The maximum absolute atomic E-state index is 11.2. The van der Waals surface area contributed by atoms with E-state index < -0.39 is 5.97 Å². The Hall–Kier alpha value is -2.66. The molecule has 0 atom stereocenters. The molecular formula is C19H15BrN2O2. The van der Waals surface area contributed by atoms with Crippen LogP contribution in [0.4, 0.5) is 5.69 Å². The fraction of sp³-hybridized carbons (Fsp3) is 0.0526. The second kappa shape index (κ2) is 6.84. The summed E-state index contributed by atoms with van der Waals surface area (Å²) in [6.07, 6.45) is 3.71. The van der Waals surface area contributed by atoms with Gasteiger partial charge in [-0.05, 0) is 61.0 Å². The Morgan fingerprint density at radius 2 is 1.88 bits per heavy atom. The first-order chi connectivity index (χ1) is 11.6. The Balaban J connectivity index is 1.94. The van der Waals surface area contributed by atoms with Crippen LogP contribution in [0.1, 0.15) is 21.6 Å². The van der Waals surface area contributed by atoms with Crippen LogP contribution in [0.5, 0.6) is 0 Å². The van der Waals surface area contributed by atoms with Gasteiger partial charge in [-0.1, -0.05) is 22.0 Å². The molecule has 5 heteroatoms. The molecule has 24 heavy (non-hydrogen) atoms. The van der Waals surface area contributed by atoms with Gasteiger partial charge in [0.2, 0.25) is 0 Å². The molecule has 0 amide bonds. The highest BCUT2D eigenvalue weighted by Gasteiger charge is 2.09. The molecule has 120 valence electrons. The molecule has 1 heterocycles. The smallest absolute Gasteiger partial charge is 0.336 e. The molecule has 3 rings (SSSR count). The number of hydrogen-bond donors (Lipinski definition) is 1. The van der Waals surface area contributed by atoms with E-state index in [2.05, 4.69) is 20.9 Å². The van der Waals surface area contributed by atoms with Gasteiger partial charge in [-0.3, -0.25) is 4.99 Å². The predicted octanol–water partition coefficient (Wildman–Crippen LogP) is 5.00. The van der Waals surface area contributed by atoms with Gasteiger partial charge in [0.15, 0.2) is 0 Å². The Labute approximate surface area is 148 Å². The number of rotatable bonds is 4. The molecule has 0 aliphatic rings. The topological polar surface area (TPSA) is 54.6 Å². The van der Waals surface area contributed by atoms with Crippen molar-refractivity contribution in [3.8, 4) is 5.69 Å². The number of carbonyl (C=O) groups is 1. The lowest BCUT2D eigenvalue weighted by atomic mass is 10.1. The van der Waals surface area contributed by atoms with E-state index in [1.807, 2.05) is 53.2 Å². The number of aromatic nitrogens is 1. The second-order valence-corrected chi connectivity index (χ2v) is 6.21. The third-order valence-electron chi connectivity index (χ3n) is 3.76. The summed E-state index contributed by atoms with van der Waals surface area (Å²) in [5, 5.41) is 9.20. The minimum atomic E-state index is -0.942. The summed E-state index contributed by atoms with van der Waals surface area (Å²) >= 11 is 3.43. The van der Waals surface area contributed by atoms with E-state index >= 15 is 0 Å². The van der Waals surface area contributed by atoms with Crippen molar-refractivity contribution < 1.29 is 9.90 Å². The molecule has 4 nitrogen and oxygen atoms in total. The van der Waals surface area contributed by atoms with Crippen molar-refractivity contribution in [1.82, 2.24) is 4.57 Å². The number of hydrogen-bond acceptors (Lipinski definition) is 2. The van der Waals surface area contributed by atoms with Crippen LogP contribution in [0, 0.1) is 6.92 Å². The average Bonchev–Trinajstić information content (AvgIpc) is 3.03. The molecule has 0 saturated heterocycles. The Morgan fingerprint density at radius 1 is 1.12 bits per heavy atom. The van der Waals surface area contributed by atoms with Crippen LogP contribution in [-0.4, -0.2) is 21.9 Å². The molecule has 1 N–H and O–H groups in total. The molecule has 2 aromatic carbocycles. The van der Waals surface area contributed by atoms with Crippen molar-refractivity contribution in [3.05, 3.63) is 82.1 Å². The van der Waals surface area contributed by atoms with E-state index in [9.17, 15) is 9.90 Å². The summed E-state index contributed by atoms with van der Waals surface area (Å²) < 4.78 is 3.04. The Morgan fingerprint density at radius 3 is 2.58 bits per heavy atom. The summed E-state index contributed by atoms with van der Waals surface area (Å²) in [6, 6.07) is 17.0. The summed E-state index contributed by atoms with van der Waals surface area (Å²) in [5.41, 5.74) is 3.52. The van der Waals surface area contributed by atoms with Gasteiger partial charge in [0.25, 0.3) is 0 Å². The van der Waals surface area contributed by atoms with Crippen LogP contribution in [0.15, 0.2) is 70.3 Å². The van der Waals surface area contributed by atoms with Crippen molar-refractivity contribution in [3.63, 3.8) is 0 Å². The number of benzene rings is 2. The van der Waals surface area contributed by atoms with Gasteiger partial charge in [-0.2, -0.15) is 0 Å². The molecule has 0 radical (unpaired) electrons. The van der Waals surface area contributed by atoms with Crippen LogP contribution in [0.3, 0.4) is 0 Å². The fourth-order valence-electron chi connectivity index (χ4n) is 2.47. The number of aliphatic imine (C=N–C) groups is 1. The molecule has 0 fully saturated rings. The first-order valence-corrected chi connectivity index (χ1v) is 8.16. The molecule has 1 aromatic heterocycles. The third-order valence-corrected chi connectivity index (χ3v) is 4.29. The summed E-state index contributed by atoms with van der Waals surface area (Å²) in [7, 11) is 0. The normalized spacial score (nSPS) is 11.1. The molecular weight excluding hydrogens is 368 g/mol. The standard InChI is InChI=1S/C19H15BrN2O2/c1-13-17(19(23)24)5-2-6-18(13)21-12-16-4-3-11-22(16)15-9-7-14(20)8-10-15/h2-12H,1H3,(H,23,24). The molecule has 3 aromatic rings. The molecule has 0 saturated carbocycles. The fourth-order valence-corrected chi connectivity index (χ4v) is 2.73. The number of halogens is 1. The van der Waals surface area contributed by atoms with Gasteiger partial charge in [0.05, 0.1) is 23.2 Å². The summed E-state index contributed by atoms with van der Waals surface area (Å²) in [5.74, 6) is -0.942. The summed E-state index contributed by atoms with van der Waals surface area (Å²) in [6.45, 7) is 1.77. The van der Waals surface area contributed by atoms with Gasteiger partial charge >= 0.3 is 5.97 Å². The molecule has 0 aliphatic carbocycles. The molecule has 0 spiro atoms. The van der Waals surface area contributed by atoms with Crippen molar-refractivity contribution in [1.29, 1.82) is 0 Å². The highest BCUT2D eigenvalue weighted by molar-refractivity contribution is 9.10.